The second kappa shape index (κ2) is 12.7. The number of rotatable bonds is 7. The summed E-state index contributed by atoms with van der Waals surface area (Å²) in [5, 5.41) is 0. The van der Waals surface area contributed by atoms with E-state index in [0.717, 1.165) is 57.3 Å². The first kappa shape index (κ1) is 25.1. The van der Waals surface area contributed by atoms with E-state index in [-0.39, 0.29) is 24.8 Å². The molecular weight excluding hydrogens is 431 g/mol. The van der Waals surface area contributed by atoms with Crippen LogP contribution in [0, 0.1) is 0 Å². The van der Waals surface area contributed by atoms with Gasteiger partial charge in [-0.15, -0.1) is 24.8 Å². The summed E-state index contributed by atoms with van der Waals surface area (Å²) in [6.45, 7) is 9.10. The molecule has 4 nitrogen and oxygen atoms in total. The number of fused-ring (bicyclic) bond motifs is 1. The fourth-order valence-electron chi connectivity index (χ4n) is 3.90. The molecule has 2 heterocycles. The molecule has 168 valence electrons. The van der Waals surface area contributed by atoms with Gasteiger partial charge in [0.15, 0.2) is 0 Å². The number of nitrogens with zero attached hydrogens (tertiary/aromatic N) is 2. The molecule has 4 rings (SSSR count). The topological polar surface area (TPSA) is 24.9 Å². The van der Waals surface area contributed by atoms with Crippen LogP contribution in [0.4, 0.5) is 0 Å². The third-order valence-electron chi connectivity index (χ3n) is 5.55. The molecule has 0 spiro atoms. The molecule has 1 saturated heterocycles. The fourth-order valence-corrected chi connectivity index (χ4v) is 3.90. The van der Waals surface area contributed by atoms with Crippen molar-refractivity contribution in [3.8, 4) is 11.5 Å². The zero-order valence-electron chi connectivity index (χ0n) is 18.0. The molecule has 0 aromatic heterocycles. The van der Waals surface area contributed by atoms with Crippen LogP contribution in [-0.2, 0) is 0 Å². The number of halogens is 2. The maximum absolute atomic E-state index is 5.88. The minimum absolute atomic E-state index is 0. The smallest absolute Gasteiger partial charge is 0.127 e. The highest BCUT2D eigenvalue weighted by Crippen LogP contribution is 2.27. The van der Waals surface area contributed by atoms with Gasteiger partial charge >= 0.3 is 0 Å². The lowest BCUT2D eigenvalue weighted by Crippen LogP contribution is -2.45. The van der Waals surface area contributed by atoms with Crippen LogP contribution >= 0.6 is 24.8 Å². The molecule has 0 aliphatic carbocycles. The summed E-state index contributed by atoms with van der Waals surface area (Å²) in [6.07, 6.45) is 5.58. The Bertz CT molecular complexity index is 863. The first-order chi connectivity index (χ1) is 14.3. The Balaban J connectivity index is 0.00000171. The average molecular weight is 463 g/mol. The monoisotopic (exact) mass is 462 g/mol. The predicted molar refractivity (Wildman–Crippen MR) is 133 cm³/mol. The quantitative estimate of drug-likeness (QED) is 0.521. The van der Waals surface area contributed by atoms with Crippen molar-refractivity contribution in [2.75, 3.05) is 45.9 Å². The third kappa shape index (κ3) is 7.20. The van der Waals surface area contributed by atoms with Gasteiger partial charge in [0.05, 0.1) is 6.61 Å². The van der Waals surface area contributed by atoms with Gasteiger partial charge in [-0.05, 0) is 49.3 Å². The van der Waals surface area contributed by atoms with Gasteiger partial charge in [0, 0.05) is 44.0 Å². The molecule has 0 bridgehead atoms. The zero-order valence-corrected chi connectivity index (χ0v) is 19.7. The molecule has 2 aliphatic rings. The number of para-hydroxylation sites is 2. The van der Waals surface area contributed by atoms with E-state index < -0.39 is 0 Å². The van der Waals surface area contributed by atoms with E-state index in [4.69, 9.17) is 9.47 Å². The lowest BCUT2D eigenvalue weighted by Gasteiger charge is -2.36. The number of piperazine rings is 1. The molecule has 2 aromatic carbocycles. The van der Waals surface area contributed by atoms with Crippen molar-refractivity contribution in [1.82, 2.24) is 9.80 Å². The highest BCUT2D eigenvalue weighted by molar-refractivity contribution is 5.85. The zero-order chi connectivity index (χ0) is 19.9. The molecule has 2 aliphatic heterocycles. The lowest BCUT2D eigenvalue weighted by atomic mass is 10.1. The second-order valence-electron chi connectivity index (χ2n) is 7.68. The summed E-state index contributed by atoms with van der Waals surface area (Å²) in [5.74, 6) is 1.94. The summed E-state index contributed by atoms with van der Waals surface area (Å²) in [4.78, 5) is 5.02. The molecule has 0 saturated carbocycles. The van der Waals surface area contributed by atoms with Crippen molar-refractivity contribution < 1.29 is 9.47 Å². The molecule has 31 heavy (non-hydrogen) atoms. The third-order valence-corrected chi connectivity index (χ3v) is 5.55. The molecule has 0 N–H and O–H groups in total. The van der Waals surface area contributed by atoms with Gasteiger partial charge < -0.3 is 14.4 Å². The van der Waals surface area contributed by atoms with E-state index in [1.54, 1.807) is 0 Å². The minimum Gasteiger partial charge on any atom is -0.494 e. The van der Waals surface area contributed by atoms with Crippen LogP contribution < -0.4 is 9.47 Å². The Hall–Kier alpha value is -2.14. The molecule has 2 aromatic rings. The lowest BCUT2D eigenvalue weighted by molar-refractivity contribution is 0.149. The summed E-state index contributed by atoms with van der Waals surface area (Å²) in [6, 6.07) is 18.3. The van der Waals surface area contributed by atoms with E-state index in [0.29, 0.717) is 6.61 Å². The van der Waals surface area contributed by atoms with E-state index in [2.05, 4.69) is 41.0 Å². The standard InChI is InChI=1S/C25H30N2O2.2ClH/c1-21(18-22-19-23-8-5-6-11-25(23)29-20-22)27-15-13-26(14-16-27)12-7-17-28-24-9-3-2-4-10-24;;/h2-6,8-11,18-19H,7,12-17,20H2,1H3;2*1H. The Labute approximate surface area is 198 Å². The normalized spacial score (nSPS) is 16.2. The minimum atomic E-state index is 0. The van der Waals surface area contributed by atoms with Crippen molar-refractivity contribution in [2.45, 2.75) is 13.3 Å². The highest BCUT2D eigenvalue weighted by atomic mass is 35.5. The highest BCUT2D eigenvalue weighted by Gasteiger charge is 2.17. The number of allylic oxidation sites excluding steroid dienone is 1. The van der Waals surface area contributed by atoms with Crippen LogP contribution in [0.25, 0.3) is 6.08 Å². The van der Waals surface area contributed by atoms with Gasteiger partial charge in [-0.25, -0.2) is 0 Å². The SMILES string of the molecule is CC(=CC1=Cc2ccccc2OC1)N1CCN(CCCOc2ccccc2)CC1.Cl.Cl. The number of hydrogen-bond donors (Lipinski definition) is 0. The first-order valence-corrected chi connectivity index (χ1v) is 10.5. The van der Waals surface area contributed by atoms with Crippen molar-refractivity contribution in [2.24, 2.45) is 0 Å². The van der Waals surface area contributed by atoms with Crippen LogP contribution in [0.3, 0.4) is 0 Å². The van der Waals surface area contributed by atoms with E-state index >= 15 is 0 Å². The van der Waals surface area contributed by atoms with Crippen LogP contribution in [0.1, 0.15) is 18.9 Å². The predicted octanol–water partition coefficient (Wildman–Crippen LogP) is 5.30. The van der Waals surface area contributed by atoms with Gasteiger partial charge in [0.1, 0.15) is 18.1 Å². The van der Waals surface area contributed by atoms with Crippen molar-refractivity contribution in [1.29, 1.82) is 0 Å². The summed E-state index contributed by atoms with van der Waals surface area (Å²) < 4.78 is 11.7. The van der Waals surface area contributed by atoms with Gasteiger partial charge in [-0.3, -0.25) is 4.90 Å². The molecule has 0 atom stereocenters. The van der Waals surface area contributed by atoms with Crippen LogP contribution in [0.15, 0.2) is 71.9 Å². The van der Waals surface area contributed by atoms with Crippen molar-refractivity contribution in [3.05, 3.63) is 77.5 Å². The van der Waals surface area contributed by atoms with Crippen LogP contribution in [0.2, 0.25) is 0 Å². The van der Waals surface area contributed by atoms with Gasteiger partial charge in [-0.2, -0.15) is 0 Å². The maximum Gasteiger partial charge on any atom is 0.127 e. The fraction of sp³-hybridized carbons (Fsp3) is 0.360. The van der Waals surface area contributed by atoms with Gasteiger partial charge in [0.2, 0.25) is 0 Å². The number of hydrogen-bond acceptors (Lipinski definition) is 4. The van der Waals surface area contributed by atoms with Gasteiger partial charge in [0.25, 0.3) is 0 Å². The molecule has 0 amide bonds. The average Bonchev–Trinajstić information content (AvgIpc) is 2.78. The van der Waals surface area contributed by atoms with Crippen LogP contribution in [-0.4, -0.2) is 55.7 Å². The number of benzene rings is 2. The Morgan fingerprint density at radius 3 is 2.45 bits per heavy atom. The van der Waals surface area contributed by atoms with E-state index in [9.17, 15) is 0 Å². The molecule has 1 fully saturated rings. The van der Waals surface area contributed by atoms with Crippen LogP contribution in [0.5, 0.6) is 11.5 Å². The Kier molecular flexibility index (Phi) is 10.3. The van der Waals surface area contributed by atoms with E-state index in [1.807, 2.05) is 42.5 Å². The maximum atomic E-state index is 5.88. The van der Waals surface area contributed by atoms with E-state index in [1.165, 1.54) is 16.8 Å². The Morgan fingerprint density at radius 2 is 1.68 bits per heavy atom. The largest absolute Gasteiger partial charge is 0.494 e. The second-order valence-corrected chi connectivity index (χ2v) is 7.68. The molecular formula is C25H32Cl2N2O2. The number of ether oxygens (including phenoxy) is 2. The summed E-state index contributed by atoms with van der Waals surface area (Å²) >= 11 is 0. The molecule has 6 heteroatoms. The Morgan fingerprint density at radius 1 is 0.968 bits per heavy atom. The van der Waals surface area contributed by atoms with Crippen molar-refractivity contribution >= 4 is 30.9 Å². The van der Waals surface area contributed by atoms with Crippen molar-refractivity contribution in [3.63, 3.8) is 0 Å². The molecule has 0 radical (unpaired) electrons. The molecule has 0 unspecified atom stereocenters. The summed E-state index contributed by atoms with van der Waals surface area (Å²) in [7, 11) is 0. The van der Waals surface area contributed by atoms with Gasteiger partial charge in [-0.1, -0.05) is 36.4 Å². The first-order valence-electron chi connectivity index (χ1n) is 10.5. The summed E-state index contributed by atoms with van der Waals surface area (Å²) in [5.41, 5.74) is 3.73.